The summed E-state index contributed by atoms with van der Waals surface area (Å²) in [6.07, 6.45) is 3.06. The average molecular weight is 420 g/mol. The highest BCUT2D eigenvalue weighted by Crippen LogP contribution is 2.33. The quantitative estimate of drug-likeness (QED) is 0.465. The summed E-state index contributed by atoms with van der Waals surface area (Å²) in [5.74, 6) is -1.24. The summed E-state index contributed by atoms with van der Waals surface area (Å²) >= 11 is 0. The molecule has 2 aliphatic carbocycles. The van der Waals surface area contributed by atoms with Crippen LogP contribution in [-0.2, 0) is 9.53 Å². The van der Waals surface area contributed by atoms with Crippen LogP contribution in [0.1, 0.15) is 68.4 Å². The number of nitrogen functional groups attached to an aromatic ring is 1. The average Bonchev–Trinajstić information content (AvgIpc) is 3.59. The van der Waals surface area contributed by atoms with Gasteiger partial charge in [-0.3, -0.25) is 14.4 Å². The van der Waals surface area contributed by atoms with Crippen LogP contribution in [0.3, 0.4) is 0 Å². The fraction of sp³-hybridized carbons (Fsp3) is 0.333. The van der Waals surface area contributed by atoms with Crippen molar-refractivity contribution in [2.24, 2.45) is 5.92 Å². The maximum atomic E-state index is 12.9. The van der Waals surface area contributed by atoms with Crippen molar-refractivity contribution in [3.8, 4) is 0 Å². The van der Waals surface area contributed by atoms with Gasteiger partial charge in [0.2, 0.25) is 0 Å². The molecule has 0 atom stereocenters. The predicted molar refractivity (Wildman–Crippen MR) is 114 cm³/mol. The maximum Gasteiger partial charge on any atom is 0.340 e. The second-order valence-electron chi connectivity index (χ2n) is 8.01. The maximum absolute atomic E-state index is 12.9. The van der Waals surface area contributed by atoms with Gasteiger partial charge < -0.3 is 15.4 Å². The highest BCUT2D eigenvalue weighted by Gasteiger charge is 2.33. The van der Waals surface area contributed by atoms with Gasteiger partial charge in [0.1, 0.15) is 0 Å². The van der Waals surface area contributed by atoms with Crippen molar-refractivity contribution in [3.05, 3.63) is 64.2 Å². The van der Waals surface area contributed by atoms with Gasteiger partial charge in [-0.1, -0.05) is 31.2 Å². The first-order valence-corrected chi connectivity index (χ1v) is 10.5. The summed E-state index contributed by atoms with van der Waals surface area (Å²) < 4.78 is 5.22. The monoisotopic (exact) mass is 420 g/mol. The van der Waals surface area contributed by atoms with Crippen LogP contribution in [0.2, 0.25) is 0 Å². The van der Waals surface area contributed by atoms with E-state index in [1.54, 1.807) is 29.2 Å². The predicted octanol–water partition coefficient (Wildman–Crippen LogP) is 2.85. The molecule has 2 aromatic rings. The van der Waals surface area contributed by atoms with Gasteiger partial charge in [0.15, 0.2) is 18.2 Å². The van der Waals surface area contributed by atoms with Gasteiger partial charge in [0.25, 0.3) is 5.91 Å². The highest BCUT2D eigenvalue weighted by atomic mass is 16.5. The van der Waals surface area contributed by atoms with E-state index in [1.165, 1.54) is 12.1 Å². The van der Waals surface area contributed by atoms with E-state index in [2.05, 4.69) is 0 Å². The lowest BCUT2D eigenvalue weighted by atomic mass is 9.82. The molecule has 2 N–H and O–H groups in total. The number of carbonyl (C=O) groups excluding carboxylic acids is 4. The van der Waals surface area contributed by atoms with Crippen molar-refractivity contribution in [1.29, 1.82) is 0 Å². The van der Waals surface area contributed by atoms with E-state index in [9.17, 15) is 19.2 Å². The van der Waals surface area contributed by atoms with Gasteiger partial charge >= 0.3 is 5.97 Å². The smallest absolute Gasteiger partial charge is 0.340 e. The number of nitrogens with two attached hydrogens (primary N) is 1. The van der Waals surface area contributed by atoms with Crippen molar-refractivity contribution < 1.29 is 23.9 Å². The standard InChI is InChI=1S/C24H24N2O5/c1-2-11-26(12-14-7-8-14)19(27)13-31-24(30)18-10-9-17-20(21(18)25)23(29)16-6-4-3-5-15(16)22(17)28/h3-6,9-10,14H,2,7-8,11-13,25H2,1H3. The van der Waals surface area contributed by atoms with E-state index in [4.69, 9.17) is 10.5 Å². The van der Waals surface area contributed by atoms with Crippen molar-refractivity contribution in [2.75, 3.05) is 25.4 Å². The van der Waals surface area contributed by atoms with E-state index in [-0.39, 0.29) is 39.6 Å². The number of amides is 1. The molecule has 0 radical (unpaired) electrons. The number of ketones is 2. The molecule has 0 unspecified atom stereocenters. The minimum atomic E-state index is -0.796. The number of nitrogens with zero attached hydrogens (tertiary/aromatic N) is 1. The van der Waals surface area contributed by atoms with Crippen molar-refractivity contribution in [1.82, 2.24) is 4.90 Å². The number of hydrogen-bond acceptors (Lipinski definition) is 6. The molecule has 1 amide bonds. The number of ether oxygens (including phenoxy) is 1. The fourth-order valence-corrected chi connectivity index (χ4v) is 3.89. The molecule has 7 heteroatoms. The van der Waals surface area contributed by atoms with E-state index in [1.807, 2.05) is 6.92 Å². The zero-order valence-corrected chi connectivity index (χ0v) is 17.3. The Morgan fingerprint density at radius 3 is 2.35 bits per heavy atom. The highest BCUT2D eigenvalue weighted by molar-refractivity contribution is 6.30. The second-order valence-corrected chi connectivity index (χ2v) is 8.01. The number of rotatable bonds is 7. The van der Waals surface area contributed by atoms with Crippen LogP contribution in [0.15, 0.2) is 36.4 Å². The van der Waals surface area contributed by atoms with Crippen LogP contribution in [-0.4, -0.2) is 48.0 Å². The van der Waals surface area contributed by atoms with Crippen LogP contribution in [0.25, 0.3) is 0 Å². The van der Waals surface area contributed by atoms with Gasteiger partial charge in [0.05, 0.1) is 16.8 Å². The zero-order chi connectivity index (χ0) is 22.1. The van der Waals surface area contributed by atoms with E-state index in [0.29, 0.717) is 24.6 Å². The van der Waals surface area contributed by atoms with Gasteiger partial charge in [-0.15, -0.1) is 0 Å². The van der Waals surface area contributed by atoms with Crippen molar-refractivity contribution >= 4 is 29.1 Å². The van der Waals surface area contributed by atoms with Crippen LogP contribution < -0.4 is 5.73 Å². The SMILES string of the molecule is CCCN(CC1CC1)C(=O)COC(=O)c1ccc2c(c1N)C(=O)c1ccccc1C2=O. The normalized spacial score (nSPS) is 14.6. The number of benzene rings is 2. The Hall–Kier alpha value is -3.48. The molecule has 0 aliphatic heterocycles. The van der Waals surface area contributed by atoms with E-state index in [0.717, 1.165) is 19.3 Å². The number of anilines is 1. The third kappa shape index (κ3) is 3.95. The van der Waals surface area contributed by atoms with Crippen LogP contribution in [0, 0.1) is 5.92 Å². The summed E-state index contributed by atoms with van der Waals surface area (Å²) in [7, 11) is 0. The Morgan fingerprint density at radius 1 is 1.03 bits per heavy atom. The molecule has 160 valence electrons. The molecule has 0 aromatic heterocycles. The topological polar surface area (TPSA) is 107 Å². The summed E-state index contributed by atoms with van der Waals surface area (Å²) in [5, 5.41) is 0. The number of esters is 1. The first kappa shape index (κ1) is 20.8. The molecule has 0 heterocycles. The fourth-order valence-electron chi connectivity index (χ4n) is 3.89. The van der Waals surface area contributed by atoms with E-state index < -0.39 is 18.4 Å². The van der Waals surface area contributed by atoms with Gasteiger partial charge in [-0.25, -0.2) is 4.79 Å². The van der Waals surface area contributed by atoms with Crippen LogP contribution in [0.4, 0.5) is 5.69 Å². The molecule has 2 aliphatic rings. The number of fused-ring (bicyclic) bond motifs is 2. The second kappa shape index (κ2) is 8.34. The Bertz CT molecular complexity index is 1090. The first-order chi connectivity index (χ1) is 14.9. The Labute approximate surface area is 180 Å². The van der Waals surface area contributed by atoms with Gasteiger partial charge in [-0.05, 0) is 37.3 Å². The third-order valence-electron chi connectivity index (χ3n) is 5.70. The summed E-state index contributed by atoms with van der Waals surface area (Å²) in [6, 6.07) is 9.28. The molecule has 1 fully saturated rings. The lowest BCUT2D eigenvalue weighted by molar-refractivity contribution is -0.134. The molecular weight excluding hydrogens is 396 g/mol. The van der Waals surface area contributed by atoms with Gasteiger partial charge in [0, 0.05) is 29.8 Å². The molecule has 0 spiro atoms. The lowest BCUT2D eigenvalue weighted by Gasteiger charge is -2.22. The third-order valence-corrected chi connectivity index (χ3v) is 5.70. The summed E-state index contributed by atoms with van der Waals surface area (Å²) in [4.78, 5) is 52.6. The molecule has 0 saturated heterocycles. The van der Waals surface area contributed by atoms with Crippen molar-refractivity contribution in [3.63, 3.8) is 0 Å². The lowest BCUT2D eigenvalue weighted by Crippen LogP contribution is -2.37. The largest absolute Gasteiger partial charge is 0.452 e. The summed E-state index contributed by atoms with van der Waals surface area (Å²) in [6.45, 7) is 2.90. The van der Waals surface area contributed by atoms with Crippen molar-refractivity contribution in [2.45, 2.75) is 26.2 Å². The van der Waals surface area contributed by atoms with Crippen LogP contribution in [0.5, 0.6) is 0 Å². The molecular formula is C24H24N2O5. The number of hydrogen-bond donors (Lipinski definition) is 1. The summed E-state index contributed by atoms with van der Waals surface area (Å²) in [5.41, 5.74) is 6.73. The molecule has 2 aromatic carbocycles. The zero-order valence-electron chi connectivity index (χ0n) is 17.3. The Kier molecular flexibility index (Phi) is 5.59. The molecule has 1 saturated carbocycles. The van der Waals surface area contributed by atoms with E-state index >= 15 is 0 Å². The number of carbonyl (C=O) groups is 4. The minimum Gasteiger partial charge on any atom is -0.452 e. The van der Waals surface area contributed by atoms with Crippen LogP contribution >= 0.6 is 0 Å². The molecule has 4 rings (SSSR count). The first-order valence-electron chi connectivity index (χ1n) is 10.5. The Morgan fingerprint density at radius 2 is 1.71 bits per heavy atom. The van der Waals surface area contributed by atoms with Gasteiger partial charge in [-0.2, -0.15) is 0 Å². The molecule has 0 bridgehead atoms. The molecule has 31 heavy (non-hydrogen) atoms. The minimum absolute atomic E-state index is 0.00539. The molecule has 7 nitrogen and oxygen atoms in total. The Balaban J connectivity index is 1.53.